The highest BCUT2D eigenvalue weighted by molar-refractivity contribution is 6.20. The number of aryl methyl sites for hydroxylation is 1. The lowest BCUT2D eigenvalue weighted by Gasteiger charge is -2.15. The molecule has 0 fully saturated rings. The fourth-order valence-corrected chi connectivity index (χ4v) is 5.14. The average Bonchev–Trinajstić information content (AvgIpc) is 3.40. The number of pyridine rings is 1. The standard InChI is InChI=1S/C30H21N3/c1-20-14-15-25(23(19-20)21-9-3-2-4-10-21)33-24-12-6-5-11-22(24)29-26(33)16-17-27-30(29)31-28-13-7-8-18-32(27)28/h2-19H,1H3. The number of imidazole rings is 1. The topological polar surface area (TPSA) is 22.2 Å². The molecule has 0 amide bonds. The molecule has 0 aliphatic rings. The third-order valence-corrected chi connectivity index (χ3v) is 6.59. The van der Waals surface area contributed by atoms with Crippen LogP contribution in [-0.4, -0.2) is 14.0 Å². The summed E-state index contributed by atoms with van der Waals surface area (Å²) < 4.78 is 4.57. The number of para-hydroxylation sites is 1. The molecule has 0 unspecified atom stereocenters. The van der Waals surface area contributed by atoms with Crippen molar-refractivity contribution in [2.75, 3.05) is 0 Å². The fourth-order valence-electron chi connectivity index (χ4n) is 5.14. The van der Waals surface area contributed by atoms with Crippen molar-refractivity contribution in [3.05, 3.63) is 115 Å². The molecule has 7 aromatic rings. The van der Waals surface area contributed by atoms with Gasteiger partial charge in [-0.15, -0.1) is 0 Å². The molecule has 0 saturated heterocycles. The van der Waals surface area contributed by atoms with Crippen molar-refractivity contribution in [2.24, 2.45) is 0 Å². The summed E-state index contributed by atoms with van der Waals surface area (Å²) in [4.78, 5) is 5.04. The van der Waals surface area contributed by atoms with Gasteiger partial charge in [-0.2, -0.15) is 0 Å². The number of benzene rings is 4. The third-order valence-electron chi connectivity index (χ3n) is 6.59. The van der Waals surface area contributed by atoms with Crippen LogP contribution >= 0.6 is 0 Å². The summed E-state index contributed by atoms with van der Waals surface area (Å²) in [6.45, 7) is 2.16. The molecule has 3 heterocycles. The zero-order valence-electron chi connectivity index (χ0n) is 18.2. The first kappa shape index (κ1) is 18.2. The highest BCUT2D eigenvalue weighted by Gasteiger charge is 2.19. The molecule has 33 heavy (non-hydrogen) atoms. The molecular weight excluding hydrogens is 402 g/mol. The number of hydrogen-bond acceptors (Lipinski definition) is 1. The van der Waals surface area contributed by atoms with Crippen LogP contribution in [0.1, 0.15) is 5.56 Å². The summed E-state index contributed by atoms with van der Waals surface area (Å²) in [5, 5.41) is 2.42. The Balaban J connectivity index is 1.66. The normalized spacial score (nSPS) is 11.8. The summed E-state index contributed by atoms with van der Waals surface area (Å²) in [5.74, 6) is 0. The van der Waals surface area contributed by atoms with Gasteiger partial charge in [-0.05, 0) is 55.0 Å². The van der Waals surface area contributed by atoms with Gasteiger partial charge in [-0.25, -0.2) is 4.98 Å². The third kappa shape index (κ3) is 2.60. The Kier molecular flexibility index (Phi) is 3.76. The second-order valence-electron chi connectivity index (χ2n) is 8.61. The van der Waals surface area contributed by atoms with Gasteiger partial charge in [0.25, 0.3) is 0 Å². The van der Waals surface area contributed by atoms with Gasteiger partial charge in [0.05, 0.1) is 27.8 Å². The summed E-state index contributed by atoms with van der Waals surface area (Å²) in [6, 6.07) is 36.7. The molecule has 3 aromatic heterocycles. The van der Waals surface area contributed by atoms with E-state index in [0.717, 1.165) is 16.7 Å². The highest BCUT2D eigenvalue weighted by atomic mass is 15.0. The van der Waals surface area contributed by atoms with Crippen LogP contribution in [0.15, 0.2) is 109 Å². The Morgan fingerprint density at radius 3 is 2.36 bits per heavy atom. The second-order valence-corrected chi connectivity index (χ2v) is 8.61. The van der Waals surface area contributed by atoms with E-state index >= 15 is 0 Å². The van der Waals surface area contributed by atoms with Crippen LogP contribution in [0.25, 0.3) is 55.3 Å². The van der Waals surface area contributed by atoms with Gasteiger partial charge in [-0.1, -0.05) is 66.2 Å². The van der Waals surface area contributed by atoms with Gasteiger partial charge in [0.2, 0.25) is 0 Å². The van der Waals surface area contributed by atoms with Crippen LogP contribution in [0.2, 0.25) is 0 Å². The van der Waals surface area contributed by atoms with E-state index in [2.05, 4.69) is 119 Å². The molecule has 0 radical (unpaired) electrons. The minimum atomic E-state index is 0.970. The molecule has 3 nitrogen and oxygen atoms in total. The number of aromatic nitrogens is 3. The van der Waals surface area contributed by atoms with E-state index in [9.17, 15) is 0 Å². The summed E-state index contributed by atoms with van der Waals surface area (Å²) in [7, 11) is 0. The number of rotatable bonds is 2. The predicted molar refractivity (Wildman–Crippen MR) is 137 cm³/mol. The quantitative estimate of drug-likeness (QED) is 0.281. The van der Waals surface area contributed by atoms with E-state index in [1.165, 1.54) is 44.2 Å². The molecule has 0 spiro atoms. The van der Waals surface area contributed by atoms with Gasteiger partial charge >= 0.3 is 0 Å². The molecule has 0 atom stereocenters. The van der Waals surface area contributed by atoms with Gasteiger partial charge in [-0.3, -0.25) is 4.40 Å². The smallest absolute Gasteiger partial charge is 0.137 e. The van der Waals surface area contributed by atoms with Gasteiger partial charge in [0.15, 0.2) is 0 Å². The molecule has 0 saturated carbocycles. The van der Waals surface area contributed by atoms with E-state index in [1.807, 2.05) is 6.07 Å². The molecular formula is C30H21N3. The van der Waals surface area contributed by atoms with E-state index < -0.39 is 0 Å². The zero-order valence-corrected chi connectivity index (χ0v) is 18.2. The molecule has 3 heteroatoms. The second kappa shape index (κ2) is 6.81. The first-order chi connectivity index (χ1) is 16.3. The minimum Gasteiger partial charge on any atom is -0.309 e. The van der Waals surface area contributed by atoms with Crippen molar-refractivity contribution in [3.8, 4) is 16.8 Å². The summed E-state index contributed by atoms with van der Waals surface area (Å²) >= 11 is 0. The van der Waals surface area contributed by atoms with Crippen LogP contribution in [0, 0.1) is 6.92 Å². The van der Waals surface area contributed by atoms with Crippen molar-refractivity contribution >= 4 is 38.5 Å². The highest BCUT2D eigenvalue weighted by Crippen LogP contribution is 2.39. The van der Waals surface area contributed by atoms with Gasteiger partial charge in [0.1, 0.15) is 5.65 Å². The maximum Gasteiger partial charge on any atom is 0.137 e. The van der Waals surface area contributed by atoms with Crippen LogP contribution in [0.3, 0.4) is 0 Å². The van der Waals surface area contributed by atoms with Crippen LogP contribution < -0.4 is 0 Å². The van der Waals surface area contributed by atoms with Crippen LogP contribution in [0.4, 0.5) is 0 Å². The number of nitrogens with zero attached hydrogens (tertiary/aromatic N) is 3. The molecule has 0 aliphatic carbocycles. The number of hydrogen-bond donors (Lipinski definition) is 0. The molecule has 7 rings (SSSR count). The van der Waals surface area contributed by atoms with Crippen molar-refractivity contribution in [1.82, 2.24) is 14.0 Å². The molecule has 4 aromatic carbocycles. The van der Waals surface area contributed by atoms with E-state index in [4.69, 9.17) is 4.98 Å². The Hall–Kier alpha value is -4.37. The van der Waals surface area contributed by atoms with Gasteiger partial charge < -0.3 is 4.57 Å². The fraction of sp³-hybridized carbons (Fsp3) is 0.0333. The predicted octanol–water partition coefficient (Wildman–Crippen LogP) is 7.56. The molecule has 0 bridgehead atoms. The average molecular weight is 424 g/mol. The summed E-state index contributed by atoms with van der Waals surface area (Å²) in [6.07, 6.45) is 2.09. The lowest BCUT2D eigenvalue weighted by atomic mass is 10.0. The first-order valence-corrected chi connectivity index (χ1v) is 11.2. The summed E-state index contributed by atoms with van der Waals surface area (Å²) in [5.41, 5.74) is 10.4. The Labute approximate surface area is 191 Å². The lowest BCUT2D eigenvalue weighted by Crippen LogP contribution is -1.97. The van der Waals surface area contributed by atoms with Crippen LogP contribution in [0.5, 0.6) is 0 Å². The maximum atomic E-state index is 5.04. The largest absolute Gasteiger partial charge is 0.309 e. The van der Waals surface area contributed by atoms with Crippen molar-refractivity contribution < 1.29 is 0 Å². The Morgan fingerprint density at radius 2 is 1.45 bits per heavy atom. The van der Waals surface area contributed by atoms with E-state index in [0.29, 0.717) is 0 Å². The van der Waals surface area contributed by atoms with Crippen molar-refractivity contribution in [3.63, 3.8) is 0 Å². The van der Waals surface area contributed by atoms with E-state index in [1.54, 1.807) is 0 Å². The SMILES string of the molecule is Cc1ccc(-n2c3ccccc3c3c4nc5ccccn5c4ccc32)c(-c2ccccc2)c1. The molecule has 0 N–H and O–H groups in total. The maximum absolute atomic E-state index is 5.04. The van der Waals surface area contributed by atoms with Crippen molar-refractivity contribution in [1.29, 1.82) is 0 Å². The van der Waals surface area contributed by atoms with Crippen molar-refractivity contribution in [2.45, 2.75) is 6.92 Å². The number of fused-ring (bicyclic) bond motifs is 7. The van der Waals surface area contributed by atoms with E-state index in [-0.39, 0.29) is 0 Å². The monoisotopic (exact) mass is 423 g/mol. The molecule has 156 valence electrons. The van der Waals surface area contributed by atoms with Gasteiger partial charge in [0, 0.05) is 22.5 Å². The van der Waals surface area contributed by atoms with Crippen LogP contribution in [-0.2, 0) is 0 Å². The Bertz CT molecular complexity index is 1820. The first-order valence-electron chi connectivity index (χ1n) is 11.2. The zero-order chi connectivity index (χ0) is 21.9. The molecule has 0 aliphatic heterocycles. The minimum absolute atomic E-state index is 0.970. The Morgan fingerprint density at radius 1 is 0.667 bits per heavy atom. The lowest BCUT2D eigenvalue weighted by molar-refractivity contribution is 1.18.